The number of aliphatic hydroxyl groups is 2. The maximum Gasteiger partial charge on any atom is 0.118 e. The van der Waals surface area contributed by atoms with Crippen LogP contribution < -0.4 is 0 Å². The predicted molar refractivity (Wildman–Crippen MR) is 73.1 cm³/mol. The summed E-state index contributed by atoms with van der Waals surface area (Å²) in [6, 6.07) is 9.64. The van der Waals surface area contributed by atoms with Crippen molar-refractivity contribution >= 4 is 0 Å². The first-order valence-corrected chi connectivity index (χ1v) is 7.05. The summed E-state index contributed by atoms with van der Waals surface area (Å²) in [5.74, 6) is 0.617. The largest absolute Gasteiger partial charge is 0.390 e. The van der Waals surface area contributed by atoms with E-state index in [1.54, 1.807) is 0 Å². The molecule has 2 N–H and O–H groups in total. The van der Waals surface area contributed by atoms with Crippen LogP contribution in [0.1, 0.15) is 45.1 Å². The Balaban J connectivity index is 2.34. The molecular weight excluding hydrogens is 224 g/mol. The molecule has 0 amide bonds. The molecular formula is C16H24O2. The van der Waals surface area contributed by atoms with Gasteiger partial charge in [0.25, 0.3) is 0 Å². The Bertz CT molecular complexity index is 376. The van der Waals surface area contributed by atoms with Crippen molar-refractivity contribution in [2.24, 2.45) is 11.8 Å². The summed E-state index contributed by atoms with van der Waals surface area (Å²) in [6.45, 7) is 4.21. The summed E-state index contributed by atoms with van der Waals surface area (Å²) in [6.07, 6.45) is 3.19. The lowest BCUT2D eigenvalue weighted by molar-refractivity contribution is -0.116. The molecule has 0 bridgehead atoms. The van der Waals surface area contributed by atoms with Gasteiger partial charge in [0.15, 0.2) is 0 Å². The van der Waals surface area contributed by atoms with Crippen LogP contribution in [0.25, 0.3) is 0 Å². The monoisotopic (exact) mass is 248 g/mol. The van der Waals surface area contributed by atoms with Gasteiger partial charge in [-0.3, -0.25) is 0 Å². The van der Waals surface area contributed by atoms with E-state index in [9.17, 15) is 10.2 Å². The van der Waals surface area contributed by atoms with E-state index in [1.807, 2.05) is 37.3 Å². The van der Waals surface area contributed by atoms with Crippen LogP contribution in [0, 0.1) is 11.8 Å². The molecule has 100 valence electrons. The molecule has 0 aliphatic heterocycles. The lowest BCUT2D eigenvalue weighted by Gasteiger charge is -2.37. The molecule has 0 heterocycles. The second-order valence-electron chi connectivity index (χ2n) is 5.70. The van der Waals surface area contributed by atoms with Gasteiger partial charge in [-0.15, -0.1) is 0 Å². The minimum absolute atomic E-state index is 0.0893. The van der Waals surface area contributed by atoms with Gasteiger partial charge in [0.2, 0.25) is 0 Å². The smallest absolute Gasteiger partial charge is 0.118 e. The second kappa shape index (κ2) is 5.41. The zero-order valence-corrected chi connectivity index (χ0v) is 11.3. The number of rotatable bonds is 2. The van der Waals surface area contributed by atoms with E-state index in [1.165, 1.54) is 0 Å². The van der Waals surface area contributed by atoms with Crippen LogP contribution in [-0.4, -0.2) is 16.3 Å². The normalized spacial score (nSPS) is 37.2. The highest BCUT2D eigenvalue weighted by molar-refractivity contribution is 5.25. The molecule has 1 aliphatic carbocycles. The first-order chi connectivity index (χ1) is 8.59. The predicted octanol–water partition coefficient (Wildman–Crippen LogP) is 3.08. The van der Waals surface area contributed by atoms with Crippen molar-refractivity contribution < 1.29 is 10.2 Å². The average Bonchev–Trinajstić information content (AvgIpc) is 2.52. The van der Waals surface area contributed by atoms with Gasteiger partial charge >= 0.3 is 0 Å². The molecule has 2 rings (SSSR count). The molecule has 0 spiro atoms. The fraction of sp³-hybridized carbons (Fsp3) is 0.625. The van der Waals surface area contributed by atoms with Crippen LogP contribution in [0.4, 0.5) is 0 Å². The van der Waals surface area contributed by atoms with Crippen molar-refractivity contribution in [3.63, 3.8) is 0 Å². The number of hydrogen-bond acceptors (Lipinski definition) is 2. The highest BCUT2D eigenvalue weighted by Gasteiger charge is 2.44. The highest BCUT2D eigenvalue weighted by atomic mass is 16.3. The van der Waals surface area contributed by atoms with Crippen LogP contribution in [0.2, 0.25) is 0 Å². The van der Waals surface area contributed by atoms with E-state index in [-0.39, 0.29) is 5.92 Å². The molecule has 1 saturated carbocycles. The minimum atomic E-state index is -1.09. The van der Waals surface area contributed by atoms with E-state index in [4.69, 9.17) is 0 Å². The van der Waals surface area contributed by atoms with Gasteiger partial charge in [-0.05, 0) is 36.7 Å². The Kier molecular flexibility index (Phi) is 4.08. The van der Waals surface area contributed by atoms with Crippen LogP contribution in [0.5, 0.6) is 0 Å². The molecule has 1 aromatic rings. The van der Waals surface area contributed by atoms with Gasteiger partial charge in [0, 0.05) is 0 Å². The fourth-order valence-electron chi connectivity index (χ4n) is 3.20. The van der Waals surface area contributed by atoms with Crippen LogP contribution >= 0.6 is 0 Å². The Morgan fingerprint density at radius 2 is 1.89 bits per heavy atom. The fourth-order valence-corrected chi connectivity index (χ4v) is 3.20. The van der Waals surface area contributed by atoms with E-state index in [0.717, 1.165) is 24.8 Å². The highest BCUT2D eigenvalue weighted by Crippen LogP contribution is 2.42. The summed E-state index contributed by atoms with van der Waals surface area (Å²) in [5, 5.41) is 21.5. The Labute approximate surface area is 110 Å². The molecule has 2 nitrogen and oxygen atoms in total. The Hall–Kier alpha value is -0.860. The van der Waals surface area contributed by atoms with Gasteiger partial charge in [0.1, 0.15) is 5.60 Å². The van der Waals surface area contributed by atoms with E-state index < -0.39 is 11.7 Å². The summed E-state index contributed by atoms with van der Waals surface area (Å²) >= 11 is 0. The van der Waals surface area contributed by atoms with Gasteiger partial charge < -0.3 is 10.2 Å². The Morgan fingerprint density at radius 3 is 2.50 bits per heavy atom. The molecule has 0 aromatic heterocycles. The number of benzene rings is 1. The quantitative estimate of drug-likeness (QED) is 0.790. The number of aliphatic hydroxyl groups excluding tert-OH is 1. The van der Waals surface area contributed by atoms with E-state index >= 15 is 0 Å². The molecule has 4 atom stereocenters. The third kappa shape index (κ3) is 2.32. The van der Waals surface area contributed by atoms with Crippen molar-refractivity contribution in [1.29, 1.82) is 0 Å². The van der Waals surface area contributed by atoms with Crippen LogP contribution in [0.15, 0.2) is 30.3 Å². The molecule has 1 aromatic carbocycles. The van der Waals surface area contributed by atoms with Gasteiger partial charge in [0.05, 0.1) is 6.10 Å². The molecule has 1 fully saturated rings. The van der Waals surface area contributed by atoms with E-state index in [0.29, 0.717) is 12.3 Å². The average molecular weight is 248 g/mol. The Morgan fingerprint density at radius 1 is 1.22 bits per heavy atom. The van der Waals surface area contributed by atoms with Crippen molar-refractivity contribution in [3.8, 4) is 0 Å². The maximum absolute atomic E-state index is 11.0. The zero-order chi connectivity index (χ0) is 13.2. The maximum atomic E-state index is 11.0. The van der Waals surface area contributed by atoms with Crippen LogP contribution in [0.3, 0.4) is 0 Å². The third-order valence-corrected chi connectivity index (χ3v) is 4.64. The number of hydrogen-bond donors (Lipinski definition) is 2. The van der Waals surface area contributed by atoms with Gasteiger partial charge in [-0.2, -0.15) is 0 Å². The van der Waals surface area contributed by atoms with E-state index in [2.05, 4.69) is 6.92 Å². The van der Waals surface area contributed by atoms with Gasteiger partial charge in [-0.25, -0.2) is 0 Å². The second-order valence-corrected chi connectivity index (χ2v) is 5.70. The summed E-state index contributed by atoms with van der Waals surface area (Å²) in [5.41, 5.74) is -0.243. The van der Waals surface area contributed by atoms with Crippen LogP contribution in [-0.2, 0) is 5.60 Å². The molecule has 0 radical (unpaired) electrons. The lowest BCUT2D eigenvalue weighted by Crippen LogP contribution is -2.44. The molecule has 4 unspecified atom stereocenters. The zero-order valence-electron chi connectivity index (χ0n) is 11.3. The van der Waals surface area contributed by atoms with Crippen molar-refractivity contribution in [3.05, 3.63) is 35.9 Å². The first-order valence-electron chi connectivity index (χ1n) is 7.05. The molecule has 18 heavy (non-hydrogen) atoms. The SMILES string of the molecule is CCC1CCC(C)C(O)(c2ccccc2)C(O)C1. The molecule has 2 heteroatoms. The molecule has 0 saturated heterocycles. The van der Waals surface area contributed by atoms with Crippen molar-refractivity contribution in [1.82, 2.24) is 0 Å². The lowest BCUT2D eigenvalue weighted by atomic mass is 9.77. The van der Waals surface area contributed by atoms with Crippen molar-refractivity contribution in [2.75, 3.05) is 0 Å². The first kappa shape index (κ1) is 13.6. The van der Waals surface area contributed by atoms with Gasteiger partial charge in [-0.1, -0.05) is 50.6 Å². The summed E-state index contributed by atoms with van der Waals surface area (Å²) in [7, 11) is 0. The summed E-state index contributed by atoms with van der Waals surface area (Å²) < 4.78 is 0. The third-order valence-electron chi connectivity index (χ3n) is 4.64. The molecule has 1 aliphatic rings. The standard InChI is InChI=1S/C16H24O2/c1-3-13-10-9-12(2)16(18,15(17)11-13)14-7-5-4-6-8-14/h4-8,12-13,15,17-18H,3,9-11H2,1-2H3. The minimum Gasteiger partial charge on any atom is -0.390 e. The summed E-state index contributed by atoms with van der Waals surface area (Å²) in [4.78, 5) is 0. The van der Waals surface area contributed by atoms with Crippen molar-refractivity contribution in [2.45, 2.75) is 51.2 Å². The topological polar surface area (TPSA) is 40.5 Å².